The van der Waals surface area contributed by atoms with E-state index in [-0.39, 0.29) is 0 Å². The molecule has 3 heteroatoms. The number of hydrogen-bond acceptors (Lipinski definition) is 0. The fourth-order valence-electron chi connectivity index (χ4n) is 1.67. The quantitative estimate of drug-likeness (QED) is 0.433. The van der Waals surface area contributed by atoms with Crippen LogP contribution in [0.1, 0.15) is 0 Å². The maximum atomic E-state index is 5.46. The summed E-state index contributed by atoms with van der Waals surface area (Å²) in [5.74, 6) is 2.80. The molecule has 0 radical (unpaired) electrons. The zero-order valence-electron chi connectivity index (χ0n) is 9.82. The van der Waals surface area contributed by atoms with Crippen LogP contribution in [0.4, 0.5) is 0 Å². The predicted octanol–water partition coefficient (Wildman–Crippen LogP) is 2.41. The zero-order chi connectivity index (χ0) is 12.8. The third kappa shape index (κ3) is 3.07. The number of rotatable bonds is 4. The molecule has 0 fully saturated rings. The Morgan fingerprint density at radius 3 is 1.78 bits per heavy atom. The molecule has 0 N–H and O–H groups in total. The van der Waals surface area contributed by atoms with Gasteiger partial charge in [-0.25, -0.2) is 0 Å². The van der Waals surface area contributed by atoms with Gasteiger partial charge in [0.05, 0.1) is 0 Å². The molecule has 0 bridgehead atoms. The monoisotopic (exact) mass is 384 g/mol. The number of hydrogen-bond donors (Lipinski definition) is 0. The van der Waals surface area contributed by atoms with Gasteiger partial charge in [0.2, 0.25) is 0 Å². The molecule has 0 atom stereocenters. The molecular formula is C15H13PSe2. The van der Waals surface area contributed by atoms with Gasteiger partial charge in [-0.3, -0.25) is 0 Å². The molecule has 2 rings (SSSR count). The fraction of sp³-hybridized carbons (Fsp3) is 0.0667. The molecular weight excluding hydrogens is 369 g/mol. The minimum absolute atomic E-state index is 0.407. The topological polar surface area (TPSA) is 0 Å². The van der Waals surface area contributed by atoms with E-state index in [1.165, 1.54) is 10.6 Å². The molecule has 0 saturated carbocycles. The van der Waals surface area contributed by atoms with Crippen molar-refractivity contribution < 1.29 is 0 Å². The Kier molecular flexibility index (Phi) is 5.08. The summed E-state index contributed by atoms with van der Waals surface area (Å²) in [7, 11) is 0. The van der Waals surface area contributed by atoms with Crippen LogP contribution in [0.2, 0.25) is 5.32 Å². The Balaban J connectivity index is 2.49. The summed E-state index contributed by atoms with van der Waals surface area (Å²) in [6, 6.07) is 21.4. The van der Waals surface area contributed by atoms with Crippen molar-refractivity contribution in [3.8, 4) is 12.3 Å². The molecule has 0 saturated heterocycles. The summed E-state index contributed by atoms with van der Waals surface area (Å²) in [4.78, 5) is 0. The van der Waals surface area contributed by atoms with Gasteiger partial charge in [0.15, 0.2) is 0 Å². The summed E-state index contributed by atoms with van der Waals surface area (Å²) in [6.07, 6.45) is 5.46. The van der Waals surface area contributed by atoms with Crippen LogP contribution < -0.4 is 10.6 Å². The predicted molar refractivity (Wildman–Crippen MR) is 84.2 cm³/mol. The standard InChI is InChI=1S/C15H13PSe2/c1-2-13-18-16(17,14-9-5-3-6-10-14)15-11-7-4-8-12-15/h1,3-12H,13H2. The van der Waals surface area contributed by atoms with E-state index in [4.69, 9.17) is 6.42 Å². The Bertz CT molecular complexity index is 541. The van der Waals surface area contributed by atoms with Crippen LogP contribution in [-0.2, 0) is 0 Å². The Morgan fingerprint density at radius 2 is 1.39 bits per heavy atom. The molecule has 0 heterocycles. The van der Waals surface area contributed by atoms with Crippen LogP contribution in [0.15, 0.2) is 60.7 Å². The molecule has 18 heavy (non-hydrogen) atoms. The first-order valence-corrected chi connectivity index (χ1v) is 13.0. The van der Waals surface area contributed by atoms with Gasteiger partial charge in [0.1, 0.15) is 0 Å². The van der Waals surface area contributed by atoms with Gasteiger partial charge < -0.3 is 0 Å². The van der Waals surface area contributed by atoms with Crippen LogP contribution in [0.5, 0.6) is 0 Å². The molecule has 0 unspecified atom stereocenters. The van der Waals surface area contributed by atoms with Gasteiger partial charge in [-0.15, -0.1) is 0 Å². The third-order valence-electron chi connectivity index (χ3n) is 2.52. The van der Waals surface area contributed by atoms with Gasteiger partial charge in [-0.2, -0.15) is 0 Å². The normalized spacial score (nSPS) is 10.8. The second-order valence-corrected chi connectivity index (χ2v) is 18.7. The maximum absolute atomic E-state index is 5.46. The molecule has 0 aliphatic rings. The van der Waals surface area contributed by atoms with E-state index in [0.717, 1.165) is 5.32 Å². The average Bonchev–Trinajstić information content (AvgIpc) is 2.46. The molecule has 2 aromatic carbocycles. The van der Waals surface area contributed by atoms with Crippen molar-refractivity contribution in [3.05, 3.63) is 60.7 Å². The Morgan fingerprint density at radius 1 is 0.944 bits per heavy atom. The molecule has 0 amide bonds. The van der Waals surface area contributed by atoms with Crippen molar-refractivity contribution in [2.24, 2.45) is 0 Å². The van der Waals surface area contributed by atoms with Crippen LogP contribution in [0.3, 0.4) is 0 Å². The SMILES string of the molecule is C#CC[Se]P(=[Se])(c1ccccc1)c1ccccc1. The van der Waals surface area contributed by atoms with E-state index >= 15 is 0 Å². The van der Waals surface area contributed by atoms with Crippen LogP contribution in [0, 0.1) is 12.3 Å². The van der Waals surface area contributed by atoms with E-state index in [0.29, 0.717) is 14.5 Å². The van der Waals surface area contributed by atoms with Crippen molar-refractivity contribution >= 4 is 44.4 Å². The summed E-state index contributed by atoms with van der Waals surface area (Å²) >= 11 is 3.91. The van der Waals surface area contributed by atoms with Crippen molar-refractivity contribution in [2.75, 3.05) is 0 Å². The molecule has 2 aromatic rings. The molecule has 0 aliphatic carbocycles. The fourth-order valence-corrected chi connectivity index (χ4v) is 11.9. The van der Waals surface area contributed by atoms with Crippen molar-refractivity contribution in [3.63, 3.8) is 0 Å². The van der Waals surface area contributed by atoms with Gasteiger partial charge in [-0.1, -0.05) is 0 Å². The first-order valence-electron chi connectivity index (χ1n) is 5.56. The van der Waals surface area contributed by atoms with Crippen molar-refractivity contribution in [1.29, 1.82) is 0 Å². The summed E-state index contributed by atoms with van der Waals surface area (Å²) < 4.78 is -1.40. The minimum atomic E-state index is -1.40. The van der Waals surface area contributed by atoms with Crippen molar-refractivity contribution in [1.82, 2.24) is 0 Å². The molecule has 0 spiro atoms. The first kappa shape index (κ1) is 13.9. The van der Waals surface area contributed by atoms with Gasteiger partial charge in [0, 0.05) is 0 Å². The molecule has 0 nitrogen and oxygen atoms in total. The van der Waals surface area contributed by atoms with Gasteiger partial charge in [-0.05, 0) is 0 Å². The van der Waals surface area contributed by atoms with Gasteiger partial charge in [0.25, 0.3) is 0 Å². The zero-order valence-corrected chi connectivity index (χ0v) is 14.1. The second-order valence-electron chi connectivity index (χ2n) is 3.70. The number of terminal acetylenes is 1. The van der Waals surface area contributed by atoms with Crippen LogP contribution >= 0.6 is 4.20 Å². The van der Waals surface area contributed by atoms with E-state index in [1.54, 1.807) is 0 Å². The first-order chi connectivity index (χ1) is 8.77. The van der Waals surface area contributed by atoms with Crippen LogP contribution in [0.25, 0.3) is 0 Å². The van der Waals surface area contributed by atoms with Crippen molar-refractivity contribution in [2.45, 2.75) is 5.32 Å². The average molecular weight is 382 g/mol. The summed E-state index contributed by atoms with van der Waals surface area (Å²) in [5, 5.41) is 3.69. The van der Waals surface area contributed by atoms with Crippen LogP contribution in [-0.4, -0.2) is 29.6 Å². The third-order valence-corrected chi connectivity index (χ3v) is 17.2. The number of benzene rings is 2. The van der Waals surface area contributed by atoms with Gasteiger partial charge >= 0.3 is 123 Å². The van der Waals surface area contributed by atoms with E-state index in [1.807, 2.05) is 0 Å². The molecule has 0 aliphatic heterocycles. The van der Waals surface area contributed by atoms with E-state index < -0.39 is 4.20 Å². The summed E-state index contributed by atoms with van der Waals surface area (Å²) in [5.41, 5.74) is 0. The summed E-state index contributed by atoms with van der Waals surface area (Å²) in [6.45, 7) is 0. The second kappa shape index (κ2) is 6.58. The van der Waals surface area contributed by atoms with E-state index in [2.05, 4.69) is 81.7 Å². The molecule has 0 aromatic heterocycles. The molecule has 90 valence electrons. The van der Waals surface area contributed by atoms with E-state index in [9.17, 15) is 0 Å². The Hall–Kier alpha value is -0.531. The Labute approximate surface area is 122 Å².